The monoisotopic (exact) mass is 260 g/mol. The summed E-state index contributed by atoms with van der Waals surface area (Å²) in [5, 5.41) is 2.79. The van der Waals surface area contributed by atoms with E-state index in [1.54, 1.807) is 11.8 Å². The molecule has 5 nitrogen and oxygen atoms in total. The Hall–Kier alpha value is -0.850. The number of carbonyl (C=O) groups is 1. The largest absolute Gasteiger partial charge is 0.320 e. The Labute approximate surface area is 103 Å². The van der Waals surface area contributed by atoms with Crippen molar-refractivity contribution in [1.82, 2.24) is 9.97 Å². The quantitative estimate of drug-likeness (QED) is 0.777. The lowest BCUT2D eigenvalue weighted by molar-refractivity contribution is -0.117. The van der Waals surface area contributed by atoms with E-state index < -0.39 is 6.04 Å². The van der Waals surface area contributed by atoms with E-state index in [4.69, 9.17) is 17.3 Å². The molecule has 0 saturated carbocycles. The third kappa shape index (κ3) is 4.34. The SMILES string of the molecule is CSCC[C@@H](N)C(=O)Nc1nccc(Cl)n1. The summed E-state index contributed by atoms with van der Waals surface area (Å²) in [6.07, 6.45) is 4.05. The average molecular weight is 261 g/mol. The van der Waals surface area contributed by atoms with Gasteiger partial charge in [-0.2, -0.15) is 11.8 Å². The number of carbonyl (C=O) groups excluding carboxylic acids is 1. The Morgan fingerprint density at radius 1 is 1.75 bits per heavy atom. The van der Waals surface area contributed by atoms with Crippen LogP contribution in [-0.2, 0) is 4.79 Å². The molecule has 0 bridgehead atoms. The van der Waals surface area contributed by atoms with Crippen molar-refractivity contribution in [3.63, 3.8) is 0 Å². The Morgan fingerprint density at radius 3 is 3.12 bits per heavy atom. The van der Waals surface area contributed by atoms with Crippen molar-refractivity contribution in [2.75, 3.05) is 17.3 Å². The number of amides is 1. The molecule has 7 heteroatoms. The highest BCUT2D eigenvalue weighted by Gasteiger charge is 2.14. The Morgan fingerprint density at radius 2 is 2.50 bits per heavy atom. The number of nitrogens with two attached hydrogens (primary N) is 1. The first-order valence-electron chi connectivity index (χ1n) is 4.67. The zero-order chi connectivity index (χ0) is 12.0. The summed E-state index contributed by atoms with van der Waals surface area (Å²) in [5.74, 6) is 0.721. The van der Waals surface area contributed by atoms with Crippen LogP contribution in [0.4, 0.5) is 5.95 Å². The molecule has 0 aromatic carbocycles. The van der Waals surface area contributed by atoms with Crippen LogP contribution in [0.1, 0.15) is 6.42 Å². The minimum atomic E-state index is -0.546. The van der Waals surface area contributed by atoms with Gasteiger partial charge in [-0.15, -0.1) is 0 Å². The molecule has 0 fully saturated rings. The van der Waals surface area contributed by atoms with Gasteiger partial charge in [0.05, 0.1) is 6.04 Å². The molecule has 1 aromatic rings. The maximum Gasteiger partial charge on any atom is 0.243 e. The van der Waals surface area contributed by atoms with Gasteiger partial charge in [0, 0.05) is 6.20 Å². The second kappa shape index (κ2) is 6.67. The number of anilines is 1. The molecule has 1 rings (SSSR count). The number of thioether (sulfide) groups is 1. The highest BCUT2D eigenvalue weighted by atomic mass is 35.5. The second-order valence-corrected chi connectivity index (χ2v) is 4.45. The van der Waals surface area contributed by atoms with E-state index in [1.807, 2.05) is 6.26 Å². The first kappa shape index (κ1) is 13.2. The van der Waals surface area contributed by atoms with Crippen LogP contribution in [0, 0.1) is 0 Å². The van der Waals surface area contributed by atoms with Gasteiger partial charge in [-0.3, -0.25) is 10.1 Å². The van der Waals surface area contributed by atoms with Gasteiger partial charge in [-0.05, 0) is 24.5 Å². The van der Waals surface area contributed by atoms with Gasteiger partial charge >= 0.3 is 0 Å². The smallest absolute Gasteiger partial charge is 0.243 e. The summed E-state index contributed by atoms with van der Waals surface area (Å²) in [4.78, 5) is 19.3. The number of nitrogens with one attached hydrogen (secondary N) is 1. The molecule has 1 aromatic heterocycles. The van der Waals surface area contributed by atoms with Crippen LogP contribution in [0.2, 0.25) is 5.15 Å². The number of nitrogens with zero attached hydrogens (tertiary/aromatic N) is 2. The lowest BCUT2D eigenvalue weighted by Crippen LogP contribution is -2.36. The zero-order valence-electron chi connectivity index (χ0n) is 8.81. The van der Waals surface area contributed by atoms with Gasteiger partial charge in [0.25, 0.3) is 0 Å². The molecule has 16 heavy (non-hydrogen) atoms. The van der Waals surface area contributed by atoms with Crippen LogP contribution in [-0.4, -0.2) is 33.9 Å². The molecule has 0 aliphatic rings. The normalized spacial score (nSPS) is 12.2. The molecule has 1 atom stereocenters. The van der Waals surface area contributed by atoms with Crippen molar-refractivity contribution >= 4 is 35.2 Å². The van der Waals surface area contributed by atoms with Crippen molar-refractivity contribution < 1.29 is 4.79 Å². The fourth-order valence-electron chi connectivity index (χ4n) is 0.976. The van der Waals surface area contributed by atoms with Crippen LogP contribution >= 0.6 is 23.4 Å². The summed E-state index contributed by atoms with van der Waals surface area (Å²) >= 11 is 7.30. The third-order valence-electron chi connectivity index (χ3n) is 1.83. The lowest BCUT2D eigenvalue weighted by atomic mass is 10.2. The molecule has 0 saturated heterocycles. The highest BCUT2D eigenvalue weighted by molar-refractivity contribution is 7.98. The number of rotatable bonds is 5. The van der Waals surface area contributed by atoms with Gasteiger partial charge in [0.1, 0.15) is 5.15 Å². The molecule has 1 heterocycles. The van der Waals surface area contributed by atoms with E-state index >= 15 is 0 Å². The summed E-state index contributed by atoms with van der Waals surface area (Å²) in [6.45, 7) is 0. The average Bonchev–Trinajstić information content (AvgIpc) is 2.25. The van der Waals surface area contributed by atoms with Gasteiger partial charge in [-0.25, -0.2) is 9.97 Å². The van der Waals surface area contributed by atoms with Crippen molar-refractivity contribution in [3.05, 3.63) is 17.4 Å². The first-order chi connectivity index (χ1) is 7.63. The fraction of sp³-hybridized carbons (Fsp3) is 0.444. The third-order valence-corrected chi connectivity index (χ3v) is 2.68. The summed E-state index contributed by atoms with van der Waals surface area (Å²) < 4.78 is 0. The van der Waals surface area contributed by atoms with Crippen LogP contribution in [0.25, 0.3) is 0 Å². The second-order valence-electron chi connectivity index (χ2n) is 3.08. The van der Waals surface area contributed by atoms with Crippen molar-refractivity contribution in [2.24, 2.45) is 5.73 Å². The molecule has 0 aliphatic carbocycles. The molecule has 1 amide bonds. The van der Waals surface area contributed by atoms with E-state index in [1.165, 1.54) is 12.3 Å². The molecular formula is C9H13ClN4OS. The van der Waals surface area contributed by atoms with Crippen LogP contribution in [0.3, 0.4) is 0 Å². The molecule has 0 radical (unpaired) electrons. The zero-order valence-corrected chi connectivity index (χ0v) is 10.4. The summed E-state index contributed by atoms with van der Waals surface area (Å²) in [5.41, 5.74) is 5.68. The molecule has 3 N–H and O–H groups in total. The molecule has 0 aliphatic heterocycles. The summed E-state index contributed by atoms with van der Waals surface area (Å²) in [7, 11) is 0. The molecule has 0 spiro atoms. The Kier molecular flexibility index (Phi) is 5.51. The Balaban J connectivity index is 2.50. The number of aromatic nitrogens is 2. The van der Waals surface area contributed by atoms with Crippen molar-refractivity contribution in [2.45, 2.75) is 12.5 Å². The maximum absolute atomic E-state index is 11.6. The standard InChI is InChI=1S/C9H13ClN4OS/c1-16-5-3-6(11)8(15)14-9-12-4-2-7(10)13-9/h2,4,6H,3,5,11H2,1H3,(H,12,13,14,15)/t6-/m1/s1. The molecule has 88 valence electrons. The van der Waals surface area contributed by atoms with Gasteiger partial charge in [-0.1, -0.05) is 11.6 Å². The Bertz CT molecular complexity index is 363. The van der Waals surface area contributed by atoms with Crippen LogP contribution < -0.4 is 11.1 Å². The molecule has 0 unspecified atom stereocenters. The summed E-state index contributed by atoms with van der Waals surface area (Å²) in [6, 6.07) is 0.986. The van der Waals surface area contributed by atoms with Gasteiger partial charge < -0.3 is 5.73 Å². The fourth-order valence-corrected chi connectivity index (χ4v) is 1.60. The van der Waals surface area contributed by atoms with E-state index in [2.05, 4.69) is 15.3 Å². The van der Waals surface area contributed by atoms with E-state index in [0.717, 1.165) is 5.75 Å². The number of hydrogen-bond donors (Lipinski definition) is 2. The van der Waals surface area contributed by atoms with Crippen molar-refractivity contribution in [3.8, 4) is 0 Å². The topological polar surface area (TPSA) is 80.9 Å². The van der Waals surface area contributed by atoms with Crippen molar-refractivity contribution in [1.29, 1.82) is 0 Å². The maximum atomic E-state index is 11.6. The van der Waals surface area contributed by atoms with E-state index in [9.17, 15) is 4.79 Å². The van der Waals surface area contributed by atoms with Crippen LogP contribution in [0.5, 0.6) is 0 Å². The minimum Gasteiger partial charge on any atom is -0.320 e. The minimum absolute atomic E-state index is 0.178. The van der Waals surface area contributed by atoms with E-state index in [0.29, 0.717) is 6.42 Å². The van der Waals surface area contributed by atoms with E-state index in [-0.39, 0.29) is 17.0 Å². The van der Waals surface area contributed by atoms with Gasteiger partial charge in [0.15, 0.2) is 0 Å². The highest BCUT2D eigenvalue weighted by Crippen LogP contribution is 2.06. The number of halogens is 1. The molecular weight excluding hydrogens is 248 g/mol. The first-order valence-corrected chi connectivity index (χ1v) is 6.44. The predicted molar refractivity (Wildman–Crippen MR) is 66.6 cm³/mol. The lowest BCUT2D eigenvalue weighted by Gasteiger charge is -2.10. The van der Waals surface area contributed by atoms with Gasteiger partial charge in [0.2, 0.25) is 11.9 Å². The number of hydrogen-bond acceptors (Lipinski definition) is 5. The van der Waals surface area contributed by atoms with Crippen LogP contribution in [0.15, 0.2) is 12.3 Å². The predicted octanol–water partition coefficient (Wildman–Crippen LogP) is 1.15.